The molecule has 1 aliphatic carbocycles. The summed E-state index contributed by atoms with van der Waals surface area (Å²) in [6.45, 7) is 0. The van der Waals surface area contributed by atoms with Crippen LogP contribution < -0.4 is 11.5 Å². The van der Waals surface area contributed by atoms with Crippen LogP contribution in [0.1, 0.15) is 6.42 Å². The Bertz CT molecular complexity index is 535. The van der Waals surface area contributed by atoms with Gasteiger partial charge in [-0.15, -0.1) is 0 Å². The highest BCUT2D eigenvalue weighted by atomic mass is 15.2. The van der Waals surface area contributed by atoms with Crippen LogP contribution in [0, 0.1) is 0 Å². The topological polar surface area (TPSA) is 89.1 Å². The van der Waals surface area contributed by atoms with Gasteiger partial charge in [0.15, 0.2) is 5.66 Å². The first kappa shape index (κ1) is 10.3. The zero-order valence-corrected chi connectivity index (χ0v) is 9.24. The SMILES string of the molecule is NC1N=CC=NC1(N)C1=CC=C2N=CC=C2C1. The highest BCUT2D eigenvalue weighted by Gasteiger charge is 2.38. The second-order valence-electron chi connectivity index (χ2n) is 4.24. The van der Waals surface area contributed by atoms with Gasteiger partial charge in [-0.2, -0.15) is 0 Å². The van der Waals surface area contributed by atoms with Crippen molar-refractivity contribution >= 4 is 18.6 Å². The summed E-state index contributed by atoms with van der Waals surface area (Å²) in [4.78, 5) is 12.6. The first-order valence-electron chi connectivity index (χ1n) is 5.46. The second-order valence-corrected chi connectivity index (χ2v) is 4.24. The molecule has 3 aliphatic rings. The van der Waals surface area contributed by atoms with E-state index >= 15 is 0 Å². The normalized spacial score (nSPS) is 34.2. The van der Waals surface area contributed by atoms with Crippen LogP contribution in [-0.2, 0) is 0 Å². The molecular weight excluding hydrogens is 214 g/mol. The Morgan fingerprint density at radius 1 is 1.18 bits per heavy atom. The lowest BCUT2D eigenvalue weighted by Crippen LogP contribution is -2.56. The van der Waals surface area contributed by atoms with Gasteiger partial charge in [0.25, 0.3) is 0 Å². The third-order valence-electron chi connectivity index (χ3n) is 3.21. The number of rotatable bonds is 1. The lowest BCUT2D eigenvalue weighted by molar-refractivity contribution is 0.417. The van der Waals surface area contributed by atoms with E-state index in [9.17, 15) is 0 Å². The quantitative estimate of drug-likeness (QED) is 0.675. The number of aliphatic imine (C=N–C) groups is 3. The molecule has 2 aliphatic heterocycles. The summed E-state index contributed by atoms with van der Waals surface area (Å²) in [5, 5.41) is 0. The van der Waals surface area contributed by atoms with E-state index in [0.29, 0.717) is 0 Å². The fourth-order valence-corrected chi connectivity index (χ4v) is 2.14. The molecule has 17 heavy (non-hydrogen) atoms. The fraction of sp³-hybridized carbons (Fsp3) is 0.250. The maximum absolute atomic E-state index is 6.26. The van der Waals surface area contributed by atoms with Crippen LogP contribution in [0.3, 0.4) is 0 Å². The molecule has 0 saturated heterocycles. The second kappa shape index (κ2) is 3.58. The molecule has 0 spiro atoms. The van der Waals surface area contributed by atoms with E-state index in [4.69, 9.17) is 11.5 Å². The van der Waals surface area contributed by atoms with E-state index in [1.807, 2.05) is 18.2 Å². The minimum atomic E-state index is -0.930. The Morgan fingerprint density at radius 2 is 2.06 bits per heavy atom. The van der Waals surface area contributed by atoms with E-state index in [1.165, 1.54) is 0 Å². The van der Waals surface area contributed by atoms with Gasteiger partial charge < -0.3 is 11.5 Å². The summed E-state index contributed by atoms with van der Waals surface area (Å²) < 4.78 is 0. The van der Waals surface area contributed by atoms with Crippen molar-refractivity contribution in [2.45, 2.75) is 18.2 Å². The van der Waals surface area contributed by atoms with Crippen molar-refractivity contribution in [1.29, 1.82) is 0 Å². The molecule has 4 N–H and O–H groups in total. The lowest BCUT2D eigenvalue weighted by Gasteiger charge is -2.34. The summed E-state index contributed by atoms with van der Waals surface area (Å²) in [6.07, 6.45) is 11.1. The summed E-state index contributed by atoms with van der Waals surface area (Å²) in [5.41, 5.74) is 14.4. The van der Waals surface area contributed by atoms with E-state index in [2.05, 4.69) is 15.0 Å². The molecule has 0 saturated carbocycles. The summed E-state index contributed by atoms with van der Waals surface area (Å²) in [7, 11) is 0. The molecule has 0 bridgehead atoms. The maximum Gasteiger partial charge on any atom is 0.165 e. The van der Waals surface area contributed by atoms with Crippen molar-refractivity contribution < 1.29 is 0 Å². The van der Waals surface area contributed by atoms with Gasteiger partial charge in [-0.3, -0.25) is 15.0 Å². The van der Waals surface area contributed by atoms with Gasteiger partial charge in [0, 0.05) is 18.6 Å². The van der Waals surface area contributed by atoms with E-state index in [-0.39, 0.29) is 0 Å². The molecule has 0 fully saturated rings. The molecule has 2 heterocycles. The molecule has 2 atom stereocenters. The summed E-state index contributed by atoms with van der Waals surface area (Å²) in [5.74, 6) is 0. The third kappa shape index (κ3) is 1.51. The smallest absolute Gasteiger partial charge is 0.165 e. The first-order chi connectivity index (χ1) is 8.20. The molecule has 86 valence electrons. The minimum Gasteiger partial charge on any atom is -0.306 e. The predicted molar refractivity (Wildman–Crippen MR) is 69.2 cm³/mol. The molecule has 2 unspecified atom stereocenters. The minimum absolute atomic E-state index is 0.531. The van der Waals surface area contributed by atoms with Crippen molar-refractivity contribution in [2.24, 2.45) is 26.4 Å². The number of hydrogen-bond acceptors (Lipinski definition) is 5. The third-order valence-corrected chi connectivity index (χ3v) is 3.21. The van der Waals surface area contributed by atoms with Gasteiger partial charge >= 0.3 is 0 Å². The van der Waals surface area contributed by atoms with Gasteiger partial charge in [-0.1, -0.05) is 6.08 Å². The van der Waals surface area contributed by atoms with Crippen molar-refractivity contribution in [1.82, 2.24) is 0 Å². The lowest BCUT2D eigenvalue weighted by atomic mass is 9.87. The largest absolute Gasteiger partial charge is 0.306 e. The van der Waals surface area contributed by atoms with Crippen LogP contribution in [0.4, 0.5) is 0 Å². The van der Waals surface area contributed by atoms with E-state index < -0.39 is 11.8 Å². The Morgan fingerprint density at radius 3 is 2.88 bits per heavy atom. The van der Waals surface area contributed by atoms with E-state index in [0.717, 1.165) is 23.3 Å². The van der Waals surface area contributed by atoms with Gasteiger partial charge in [0.2, 0.25) is 0 Å². The van der Waals surface area contributed by atoms with Crippen molar-refractivity contribution in [3.63, 3.8) is 0 Å². The number of fused-ring (bicyclic) bond motifs is 1. The predicted octanol–water partition coefficient (Wildman–Crippen LogP) is 0.306. The Kier molecular flexibility index (Phi) is 2.17. The highest BCUT2D eigenvalue weighted by Crippen LogP contribution is 2.34. The average Bonchev–Trinajstić information content (AvgIpc) is 2.80. The van der Waals surface area contributed by atoms with Gasteiger partial charge in [-0.25, -0.2) is 0 Å². The Hall–Kier alpha value is -1.85. The standard InChI is InChI=1S/C12H13N5/c13-11-12(14,17-6-5-16-11)9-1-2-10-8(7-9)3-4-15-10/h1-6,11H,7,13-14H2. The van der Waals surface area contributed by atoms with Crippen LogP contribution in [0.5, 0.6) is 0 Å². The highest BCUT2D eigenvalue weighted by molar-refractivity contribution is 6.16. The van der Waals surface area contributed by atoms with Crippen molar-refractivity contribution in [2.75, 3.05) is 0 Å². The Labute approximate surface area is 99.0 Å². The number of nitrogens with zero attached hydrogens (tertiary/aromatic N) is 3. The average molecular weight is 227 g/mol. The number of allylic oxidation sites excluding steroid dienone is 4. The van der Waals surface area contributed by atoms with Crippen LogP contribution in [0.15, 0.2) is 50.0 Å². The molecular formula is C12H13N5. The van der Waals surface area contributed by atoms with Gasteiger partial charge in [0.1, 0.15) is 6.17 Å². The monoisotopic (exact) mass is 227 g/mol. The Balaban J connectivity index is 1.97. The van der Waals surface area contributed by atoms with Crippen LogP contribution in [0.2, 0.25) is 0 Å². The molecule has 3 rings (SSSR count). The van der Waals surface area contributed by atoms with Crippen LogP contribution >= 0.6 is 0 Å². The van der Waals surface area contributed by atoms with Crippen LogP contribution in [-0.4, -0.2) is 30.5 Å². The van der Waals surface area contributed by atoms with Gasteiger partial charge in [0.05, 0.1) is 5.70 Å². The molecule has 5 nitrogen and oxygen atoms in total. The maximum atomic E-state index is 6.26. The zero-order valence-electron chi connectivity index (χ0n) is 9.24. The summed E-state index contributed by atoms with van der Waals surface area (Å²) in [6, 6.07) is 0. The molecule has 0 aromatic heterocycles. The van der Waals surface area contributed by atoms with Crippen molar-refractivity contribution in [3.8, 4) is 0 Å². The molecule has 0 aromatic carbocycles. The summed E-state index contributed by atoms with van der Waals surface area (Å²) >= 11 is 0. The molecule has 0 amide bonds. The number of nitrogens with two attached hydrogens (primary N) is 2. The molecule has 5 heteroatoms. The van der Waals surface area contributed by atoms with Crippen LogP contribution in [0.25, 0.3) is 0 Å². The number of hydrogen-bond donors (Lipinski definition) is 2. The first-order valence-corrected chi connectivity index (χ1v) is 5.46. The molecule has 0 aromatic rings. The van der Waals surface area contributed by atoms with Gasteiger partial charge in [-0.05, 0) is 29.7 Å². The molecule has 0 radical (unpaired) electrons. The fourth-order valence-electron chi connectivity index (χ4n) is 2.14. The van der Waals surface area contributed by atoms with E-state index in [1.54, 1.807) is 18.6 Å². The zero-order chi connectivity index (χ0) is 11.9. The van der Waals surface area contributed by atoms with Crippen molar-refractivity contribution in [3.05, 3.63) is 35.1 Å².